The summed E-state index contributed by atoms with van der Waals surface area (Å²) in [4.78, 5) is 40.5. The van der Waals surface area contributed by atoms with Crippen LogP contribution >= 0.6 is 0 Å². The van der Waals surface area contributed by atoms with Gasteiger partial charge in [0.1, 0.15) is 11.6 Å². The van der Waals surface area contributed by atoms with E-state index in [2.05, 4.69) is 47.9 Å². The first-order chi connectivity index (χ1) is 21.7. The van der Waals surface area contributed by atoms with Crippen LogP contribution in [0.1, 0.15) is 83.5 Å². The van der Waals surface area contributed by atoms with E-state index in [0.29, 0.717) is 12.8 Å². The molecule has 0 aromatic heterocycles. The van der Waals surface area contributed by atoms with Gasteiger partial charge in [-0.15, -0.1) is 0 Å². The molecule has 2 N–H and O–H groups in total. The zero-order valence-corrected chi connectivity index (χ0v) is 28.8. The Labute approximate surface area is 275 Å². The second-order valence-corrected chi connectivity index (χ2v) is 14.1. The van der Waals surface area contributed by atoms with Gasteiger partial charge in [0.25, 0.3) is 0 Å². The molecule has 0 saturated heterocycles. The van der Waals surface area contributed by atoms with Gasteiger partial charge in [0.15, 0.2) is 0 Å². The van der Waals surface area contributed by atoms with E-state index < -0.39 is 28.9 Å². The van der Waals surface area contributed by atoms with Gasteiger partial charge in [-0.05, 0) is 80.2 Å². The summed E-state index contributed by atoms with van der Waals surface area (Å²) in [6, 6.07) is 25.1. The number of carbonyl (C=O) groups excluding carboxylic acids is 3. The Hall–Kier alpha value is -3.97. The molecule has 46 heavy (non-hydrogen) atoms. The van der Waals surface area contributed by atoms with E-state index in [-0.39, 0.29) is 30.9 Å². The molecule has 0 heterocycles. The fourth-order valence-electron chi connectivity index (χ4n) is 5.55. The predicted octanol–water partition coefficient (Wildman–Crippen LogP) is 7.37. The van der Waals surface area contributed by atoms with Crippen LogP contribution in [0.4, 0.5) is 0 Å². The number of esters is 1. The van der Waals surface area contributed by atoms with Crippen molar-refractivity contribution in [1.29, 1.82) is 0 Å². The highest BCUT2D eigenvalue weighted by Gasteiger charge is 2.36. The third-order valence-corrected chi connectivity index (χ3v) is 7.86. The smallest absolute Gasteiger partial charge is 0.307 e. The van der Waals surface area contributed by atoms with E-state index >= 15 is 0 Å². The number of benzene rings is 3. The molecular formula is C39H52N2O5. The van der Waals surface area contributed by atoms with Crippen molar-refractivity contribution in [2.45, 2.75) is 91.8 Å². The number of rotatable bonds is 14. The monoisotopic (exact) mass is 628 g/mol. The maximum absolute atomic E-state index is 13.9. The van der Waals surface area contributed by atoms with Gasteiger partial charge >= 0.3 is 5.97 Å². The maximum atomic E-state index is 13.9. The highest BCUT2D eigenvalue weighted by molar-refractivity contribution is 5.90. The SMILES string of the molecule is COCC(NC(=O)C(NC(=O)C(CCCc1ccc(-c2ccccc2)c(C)c1)CC(=O)OC(C)(C)C)C(C)(C)C)c1ccccc1. The molecule has 0 saturated carbocycles. The number of amides is 2. The molecule has 3 atom stereocenters. The van der Waals surface area contributed by atoms with Crippen LogP contribution in [0.25, 0.3) is 11.1 Å². The van der Waals surface area contributed by atoms with Crippen molar-refractivity contribution in [3.63, 3.8) is 0 Å². The molecule has 2 amide bonds. The van der Waals surface area contributed by atoms with Gasteiger partial charge in [0, 0.05) is 13.0 Å². The molecule has 0 aliphatic carbocycles. The van der Waals surface area contributed by atoms with Crippen molar-refractivity contribution in [1.82, 2.24) is 10.6 Å². The molecule has 0 aliphatic heterocycles. The van der Waals surface area contributed by atoms with Crippen molar-refractivity contribution in [3.05, 3.63) is 95.6 Å². The standard InChI is InChI=1S/C39H52N2O5/c1-27-24-28(22-23-32(27)29-17-11-9-12-18-29)16-15-21-31(25-34(42)46-39(5,6)7)36(43)41-35(38(2,3)4)37(44)40-33(26-45-8)30-19-13-10-14-20-30/h9-14,17-20,22-24,31,33,35H,15-16,21,25-26H2,1-8H3,(H,40,44)(H,41,43). The van der Waals surface area contributed by atoms with Gasteiger partial charge in [-0.2, -0.15) is 0 Å². The zero-order valence-electron chi connectivity index (χ0n) is 28.8. The second kappa shape index (κ2) is 16.5. The fraction of sp³-hybridized carbons (Fsp3) is 0.462. The van der Waals surface area contributed by atoms with Crippen LogP contribution in [0.2, 0.25) is 0 Å². The fourth-order valence-corrected chi connectivity index (χ4v) is 5.55. The minimum absolute atomic E-state index is 0.0656. The van der Waals surface area contributed by atoms with E-state index in [1.54, 1.807) is 7.11 Å². The molecule has 7 heteroatoms. The molecule has 248 valence electrons. The Morgan fingerprint density at radius 1 is 0.804 bits per heavy atom. The van der Waals surface area contributed by atoms with Crippen LogP contribution in [0.5, 0.6) is 0 Å². The lowest BCUT2D eigenvalue weighted by Crippen LogP contribution is -2.55. The van der Waals surface area contributed by atoms with E-state index in [9.17, 15) is 14.4 Å². The minimum Gasteiger partial charge on any atom is -0.460 e. The third-order valence-electron chi connectivity index (χ3n) is 7.86. The van der Waals surface area contributed by atoms with Crippen molar-refractivity contribution in [3.8, 4) is 11.1 Å². The predicted molar refractivity (Wildman–Crippen MR) is 184 cm³/mol. The quantitative estimate of drug-likeness (QED) is 0.182. The number of methoxy groups -OCH3 is 1. The van der Waals surface area contributed by atoms with Crippen LogP contribution in [-0.2, 0) is 30.3 Å². The molecule has 3 rings (SSSR count). The molecule has 0 spiro atoms. The van der Waals surface area contributed by atoms with Gasteiger partial charge in [-0.1, -0.05) is 99.6 Å². The summed E-state index contributed by atoms with van der Waals surface area (Å²) in [5, 5.41) is 6.08. The number of carbonyl (C=O) groups is 3. The molecule has 3 aromatic rings. The highest BCUT2D eigenvalue weighted by Crippen LogP contribution is 2.27. The average molecular weight is 629 g/mol. The van der Waals surface area contributed by atoms with Gasteiger partial charge in [-0.3, -0.25) is 14.4 Å². The van der Waals surface area contributed by atoms with Crippen molar-refractivity contribution < 1.29 is 23.9 Å². The summed E-state index contributed by atoms with van der Waals surface area (Å²) < 4.78 is 11.0. The molecule has 0 fully saturated rings. The molecule has 0 bridgehead atoms. The van der Waals surface area contributed by atoms with Crippen LogP contribution in [0.15, 0.2) is 78.9 Å². The van der Waals surface area contributed by atoms with Crippen molar-refractivity contribution >= 4 is 17.8 Å². The number of ether oxygens (including phenoxy) is 2. The topological polar surface area (TPSA) is 93.7 Å². The Kier molecular flexibility index (Phi) is 13.1. The molecular weight excluding hydrogens is 576 g/mol. The number of hydrogen-bond donors (Lipinski definition) is 2. The molecule has 0 radical (unpaired) electrons. The lowest BCUT2D eigenvalue weighted by molar-refractivity contribution is -0.157. The minimum atomic E-state index is -0.836. The zero-order chi connectivity index (χ0) is 33.9. The van der Waals surface area contributed by atoms with Gasteiger partial charge in [-0.25, -0.2) is 0 Å². The number of hydrogen-bond acceptors (Lipinski definition) is 5. The van der Waals surface area contributed by atoms with Crippen LogP contribution in [-0.4, -0.2) is 43.1 Å². The number of aryl methyl sites for hydroxylation is 2. The van der Waals surface area contributed by atoms with E-state index in [4.69, 9.17) is 9.47 Å². The molecule has 0 aliphatic rings. The molecule has 3 aromatic carbocycles. The lowest BCUT2D eigenvalue weighted by Gasteiger charge is -2.33. The average Bonchev–Trinajstić information content (AvgIpc) is 2.98. The normalized spacial score (nSPS) is 13.7. The first-order valence-electron chi connectivity index (χ1n) is 16.2. The van der Waals surface area contributed by atoms with Crippen molar-refractivity contribution in [2.75, 3.05) is 13.7 Å². The second-order valence-electron chi connectivity index (χ2n) is 14.1. The first kappa shape index (κ1) is 36.5. The van der Waals surface area contributed by atoms with Crippen LogP contribution in [0.3, 0.4) is 0 Å². The lowest BCUT2D eigenvalue weighted by atomic mass is 9.85. The van der Waals surface area contributed by atoms with Gasteiger partial charge < -0.3 is 20.1 Å². The largest absolute Gasteiger partial charge is 0.460 e. The Morgan fingerprint density at radius 3 is 2.00 bits per heavy atom. The third kappa shape index (κ3) is 11.4. The van der Waals surface area contributed by atoms with E-state index in [1.807, 2.05) is 90.1 Å². The van der Waals surface area contributed by atoms with E-state index in [1.165, 1.54) is 22.3 Å². The summed E-state index contributed by atoms with van der Waals surface area (Å²) in [6.45, 7) is 13.6. The molecule has 3 unspecified atom stereocenters. The Balaban J connectivity index is 1.75. The highest BCUT2D eigenvalue weighted by atomic mass is 16.6. The Bertz CT molecular complexity index is 1420. The first-order valence-corrected chi connectivity index (χ1v) is 16.2. The maximum Gasteiger partial charge on any atom is 0.307 e. The molecule has 7 nitrogen and oxygen atoms in total. The van der Waals surface area contributed by atoms with Crippen LogP contribution < -0.4 is 10.6 Å². The summed E-state index contributed by atoms with van der Waals surface area (Å²) in [6.07, 6.45) is 1.86. The Morgan fingerprint density at radius 2 is 1.43 bits per heavy atom. The number of nitrogens with one attached hydrogen (secondary N) is 2. The van der Waals surface area contributed by atoms with Crippen LogP contribution in [0, 0.1) is 18.3 Å². The summed E-state index contributed by atoms with van der Waals surface area (Å²) in [5.74, 6) is -1.73. The summed E-state index contributed by atoms with van der Waals surface area (Å²) >= 11 is 0. The van der Waals surface area contributed by atoms with Gasteiger partial charge in [0.05, 0.1) is 19.1 Å². The van der Waals surface area contributed by atoms with Gasteiger partial charge in [0.2, 0.25) is 11.8 Å². The summed E-state index contributed by atoms with van der Waals surface area (Å²) in [7, 11) is 1.59. The van der Waals surface area contributed by atoms with E-state index in [0.717, 1.165) is 12.0 Å². The van der Waals surface area contributed by atoms with Crippen molar-refractivity contribution in [2.24, 2.45) is 11.3 Å². The summed E-state index contributed by atoms with van der Waals surface area (Å²) in [5.41, 5.74) is 4.37.